The third-order valence-corrected chi connectivity index (χ3v) is 4.62. The topological polar surface area (TPSA) is 57.6 Å². The molecule has 1 aromatic heterocycles. The van der Waals surface area contributed by atoms with Crippen molar-refractivity contribution in [1.82, 2.24) is 9.88 Å². The van der Waals surface area contributed by atoms with Crippen LogP contribution in [-0.4, -0.2) is 28.0 Å². The second-order valence-corrected chi connectivity index (χ2v) is 6.69. The van der Waals surface area contributed by atoms with Gasteiger partial charge in [0.15, 0.2) is 5.78 Å². The highest BCUT2D eigenvalue weighted by Gasteiger charge is 2.26. The second kappa shape index (κ2) is 9.63. The minimum Gasteiger partial charge on any atom is -0.365 e. The molecule has 0 aliphatic carbocycles. The molecule has 1 N–H and O–H groups in total. The molecule has 0 bridgehead atoms. The maximum atomic E-state index is 14.3. The summed E-state index contributed by atoms with van der Waals surface area (Å²) in [4.78, 5) is 22.4. The number of hydrogen-bond acceptors (Lipinski definition) is 5. The molecule has 0 fully saturated rings. The van der Waals surface area contributed by atoms with E-state index in [0.29, 0.717) is 28.5 Å². The van der Waals surface area contributed by atoms with E-state index in [1.54, 1.807) is 23.2 Å². The molecule has 0 unspecified atom stereocenters. The van der Waals surface area contributed by atoms with Crippen LogP contribution in [0, 0.1) is 0 Å². The number of Topliss-reactive ketones (excluding diaryl/α,β-unsaturated/α-hetero) is 1. The molecule has 3 heterocycles. The fraction of sp³-hybridized carbons (Fsp3) is 0.0800. The molecular weight excluding hydrogens is 391 g/mol. The Bertz CT molecular complexity index is 1130. The Morgan fingerprint density at radius 3 is 2.58 bits per heavy atom. The highest BCUT2D eigenvalue weighted by molar-refractivity contribution is 6.07. The number of rotatable bonds is 5. The predicted molar refractivity (Wildman–Crippen MR) is 124 cm³/mol. The van der Waals surface area contributed by atoms with E-state index in [1.165, 1.54) is 19.2 Å². The number of pyridine rings is 1. The van der Waals surface area contributed by atoms with Crippen LogP contribution in [0.1, 0.15) is 22.8 Å². The number of nitrogens with zero attached hydrogens (tertiary/aromatic N) is 3. The lowest BCUT2D eigenvalue weighted by Crippen LogP contribution is -2.33. The number of benzene rings is 1. The fourth-order valence-electron chi connectivity index (χ4n) is 3.22. The fourth-order valence-corrected chi connectivity index (χ4v) is 3.22. The third-order valence-electron chi connectivity index (χ3n) is 4.62. The van der Waals surface area contributed by atoms with E-state index >= 15 is 0 Å². The molecule has 2 aliphatic heterocycles. The molecule has 4 rings (SSSR count). The van der Waals surface area contributed by atoms with Crippen LogP contribution in [0.15, 0.2) is 109 Å². The van der Waals surface area contributed by atoms with Crippen LogP contribution in [0.2, 0.25) is 0 Å². The summed E-state index contributed by atoms with van der Waals surface area (Å²) in [6, 6.07) is 13.2. The molecule has 0 amide bonds. The lowest BCUT2D eigenvalue weighted by molar-refractivity contribution is 0.101. The number of halogens is 1. The van der Waals surface area contributed by atoms with Gasteiger partial charge in [-0.3, -0.25) is 9.69 Å². The minimum absolute atomic E-state index is 0.0939. The van der Waals surface area contributed by atoms with Gasteiger partial charge in [0.25, 0.3) is 0 Å². The Balaban J connectivity index is 0.00000132. The monoisotopic (exact) mass is 414 g/mol. The summed E-state index contributed by atoms with van der Waals surface area (Å²) in [5.74, 6) is 0.553. The van der Waals surface area contributed by atoms with E-state index in [2.05, 4.69) is 30.0 Å². The number of nitrogens with one attached hydrogen (secondary N) is 1. The van der Waals surface area contributed by atoms with Crippen LogP contribution in [0.3, 0.4) is 0 Å². The molecular formula is C25H23FN4O. The SMILES string of the molecule is C=C.C=C1C=C(c2ccccc2)N=C2C(CNc3ncccc3C(C)=O)=CC(F)=CN12. The van der Waals surface area contributed by atoms with Crippen molar-refractivity contribution in [2.45, 2.75) is 6.92 Å². The molecule has 6 heteroatoms. The molecule has 156 valence electrons. The molecule has 2 aromatic rings. The van der Waals surface area contributed by atoms with Crippen molar-refractivity contribution < 1.29 is 9.18 Å². The first-order valence-corrected chi connectivity index (χ1v) is 9.65. The normalized spacial score (nSPS) is 14.8. The third kappa shape index (κ3) is 4.75. The zero-order chi connectivity index (χ0) is 22.4. The molecule has 0 saturated heterocycles. The van der Waals surface area contributed by atoms with Gasteiger partial charge in [-0.1, -0.05) is 36.9 Å². The van der Waals surface area contributed by atoms with Gasteiger partial charge in [0.1, 0.15) is 17.5 Å². The van der Waals surface area contributed by atoms with Crippen molar-refractivity contribution in [3.8, 4) is 0 Å². The number of aliphatic imine (C=N–C) groups is 1. The Hall–Kier alpha value is -4.06. The average molecular weight is 414 g/mol. The van der Waals surface area contributed by atoms with Crippen molar-refractivity contribution >= 4 is 23.1 Å². The predicted octanol–water partition coefficient (Wildman–Crippen LogP) is 5.52. The van der Waals surface area contributed by atoms with Crippen molar-refractivity contribution in [1.29, 1.82) is 0 Å². The molecule has 0 radical (unpaired) electrons. The lowest BCUT2D eigenvalue weighted by Gasteiger charge is -2.31. The van der Waals surface area contributed by atoms with Crippen molar-refractivity contribution in [3.05, 3.63) is 115 Å². The molecule has 5 nitrogen and oxygen atoms in total. The van der Waals surface area contributed by atoms with Gasteiger partial charge < -0.3 is 5.32 Å². The van der Waals surface area contributed by atoms with Crippen LogP contribution < -0.4 is 5.32 Å². The highest BCUT2D eigenvalue weighted by atomic mass is 19.1. The Labute approximate surface area is 181 Å². The first-order chi connectivity index (χ1) is 15.0. The van der Waals surface area contributed by atoms with E-state index < -0.39 is 5.83 Å². The smallest absolute Gasteiger partial charge is 0.163 e. The summed E-state index contributed by atoms with van der Waals surface area (Å²) < 4.78 is 14.3. The molecule has 0 spiro atoms. The van der Waals surface area contributed by atoms with Crippen molar-refractivity contribution in [3.63, 3.8) is 0 Å². The number of ketones is 1. The van der Waals surface area contributed by atoms with Crippen molar-refractivity contribution in [2.75, 3.05) is 11.9 Å². The van der Waals surface area contributed by atoms with Gasteiger partial charge in [-0.25, -0.2) is 14.4 Å². The number of amidine groups is 1. The molecule has 0 atom stereocenters. The van der Waals surface area contributed by atoms with Gasteiger partial charge in [0, 0.05) is 35.8 Å². The first kappa shape index (κ1) is 21.6. The maximum absolute atomic E-state index is 14.3. The van der Waals surface area contributed by atoms with Crippen LogP contribution in [0.5, 0.6) is 0 Å². The summed E-state index contributed by atoms with van der Waals surface area (Å²) in [5.41, 5.74) is 3.44. The number of carbonyl (C=O) groups is 1. The van der Waals surface area contributed by atoms with Crippen LogP contribution in [0.4, 0.5) is 10.2 Å². The quantitative estimate of drug-likeness (QED) is 0.517. The van der Waals surface area contributed by atoms with E-state index in [-0.39, 0.29) is 12.3 Å². The highest BCUT2D eigenvalue weighted by Crippen LogP contribution is 2.30. The number of carbonyl (C=O) groups excluding carboxylic acids is 1. The largest absolute Gasteiger partial charge is 0.365 e. The van der Waals surface area contributed by atoms with Gasteiger partial charge >= 0.3 is 0 Å². The molecule has 1 aromatic carbocycles. The van der Waals surface area contributed by atoms with Crippen LogP contribution >= 0.6 is 0 Å². The number of aromatic nitrogens is 1. The van der Waals surface area contributed by atoms with E-state index in [0.717, 1.165) is 11.3 Å². The molecule has 0 saturated carbocycles. The molecule has 2 aliphatic rings. The van der Waals surface area contributed by atoms with Crippen LogP contribution in [-0.2, 0) is 0 Å². The number of hydrogen-bond donors (Lipinski definition) is 1. The first-order valence-electron chi connectivity index (χ1n) is 9.65. The zero-order valence-electron chi connectivity index (χ0n) is 17.3. The summed E-state index contributed by atoms with van der Waals surface area (Å²) in [6.45, 7) is 11.8. The van der Waals surface area contributed by atoms with Crippen molar-refractivity contribution in [2.24, 2.45) is 4.99 Å². The van der Waals surface area contributed by atoms with Gasteiger partial charge in [0.2, 0.25) is 0 Å². The van der Waals surface area contributed by atoms with Gasteiger partial charge in [-0.05, 0) is 31.2 Å². The number of fused-ring (bicyclic) bond motifs is 1. The summed E-state index contributed by atoms with van der Waals surface area (Å²) in [7, 11) is 0. The van der Waals surface area contributed by atoms with E-state index in [4.69, 9.17) is 4.99 Å². The summed E-state index contributed by atoms with van der Waals surface area (Å²) in [5, 5.41) is 3.14. The van der Waals surface area contributed by atoms with Gasteiger partial charge in [-0.2, -0.15) is 0 Å². The van der Waals surface area contributed by atoms with Gasteiger partial charge in [0.05, 0.1) is 11.3 Å². The standard InChI is InChI=1S/C23H19FN4O.C2H4/c1-15-11-21(17-7-4-3-5-8-17)27-23-18(12-19(24)14-28(15)23)13-26-22-20(16(2)29)9-6-10-25-22;1-2/h3-12,14H,1,13H2,2H3,(H,25,26);1-2H2. The summed E-state index contributed by atoms with van der Waals surface area (Å²) in [6.07, 6.45) is 6.23. The number of anilines is 1. The number of allylic oxidation sites excluding steroid dienone is 3. The van der Waals surface area contributed by atoms with E-state index in [9.17, 15) is 9.18 Å². The van der Waals surface area contributed by atoms with E-state index in [1.807, 2.05) is 36.4 Å². The lowest BCUT2D eigenvalue weighted by atomic mass is 10.1. The summed E-state index contributed by atoms with van der Waals surface area (Å²) >= 11 is 0. The second-order valence-electron chi connectivity index (χ2n) is 6.69. The van der Waals surface area contributed by atoms with Gasteiger partial charge in [-0.15, -0.1) is 13.2 Å². The maximum Gasteiger partial charge on any atom is 0.163 e. The Morgan fingerprint density at radius 2 is 1.87 bits per heavy atom. The average Bonchev–Trinajstić information content (AvgIpc) is 2.80. The minimum atomic E-state index is -0.397. The molecule has 31 heavy (non-hydrogen) atoms. The zero-order valence-corrected chi connectivity index (χ0v) is 17.3. The van der Waals surface area contributed by atoms with Crippen LogP contribution in [0.25, 0.3) is 5.70 Å². The Kier molecular flexibility index (Phi) is 6.72. The Morgan fingerprint density at radius 1 is 1.13 bits per heavy atom.